The monoisotopic (exact) mass is 497 g/mol. The fourth-order valence-electron chi connectivity index (χ4n) is 5.40. The maximum Gasteiger partial charge on any atom is 0.407 e. The Morgan fingerprint density at radius 3 is 1.94 bits per heavy atom. The largest absolute Gasteiger partial charge is 0.490 e. The first kappa shape index (κ1) is 27.4. The zero-order valence-corrected chi connectivity index (χ0v) is 21.7. The van der Waals surface area contributed by atoms with Crippen molar-refractivity contribution in [1.82, 2.24) is 5.32 Å². The van der Waals surface area contributed by atoms with Crippen molar-refractivity contribution in [1.29, 1.82) is 0 Å². The van der Waals surface area contributed by atoms with E-state index in [1.54, 1.807) is 0 Å². The first-order chi connectivity index (χ1) is 17.2. The Morgan fingerprint density at radius 1 is 0.806 bits per heavy atom. The van der Waals surface area contributed by atoms with Crippen LogP contribution in [-0.4, -0.2) is 45.0 Å². The van der Waals surface area contributed by atoms with Crippen LogP contribution in [0.3, 0.4) is 0 Å². The lowest BCUT2D eigenvalue weighted by Gasteiger charge is -2.46. The van der Waals surface area contributed by atoms with Gasteiger partial charge in [-0.15, -0.1) is 0 Å². The molecule has 2 aromatic rings. The zero-order chi connectivity index (χ0) is 25.9. The fourth-order valence-corrected chi connectivity index (χ4v) is 5.40. The van der Waals surface area contributed by atoms with Gasteiger partial charge >= 0.3 is 12.1 Å². The van der Waals surface area contributed by atoms with Crippen molar-refractivity contribution in [2.75, 3.05) is 33.0 Å². The van der Waals surface area contributed by atoms with E-state index in [4.69, 9.17) is 18.9 Å². The average Bonchev–Trinajstić information content (AvgIpc) is 2.83. The van der Waals surface area contributed by atoms with Gasteiger partial charge in [0, 0.05) is 13.0 Å². The number of esters is 1. The molecule has 196 valence electrons. The molecule has 0 saturated heterocycles. The molecular formula is C29H39NO6. The first-order valence-electron chi connectivity index (χ1n) is 12.7. The number of ether oxygens (including phenoxy) is 4. The zero-order valence-electron chi connectivity index (χ0n) is 21.7. The number of para-hydroxylation sites is 2. The van der Waals surface area contributed by atoms with E-state index in [1.807, 2.05) is 60.7 Å². The topological polar surface area (TPSA) is 83.1 Å². The van der Waals surface area contributed by atoms with Crippen LogP contribution < -0.4 is 14.8 Å². The molecular weight excluding hydrogens is 458 g/mol. The van der Waals surface area contributed by atoms with Crippen LogP contribution >= 0.6 is 0 Å². The van der Waals surface area contributed by atoms with Gasteiger partial charge in [0.25, 0.3) is 0 Å². The van der Waals surface area contributed by atoms with Crippen LogP contribution in [0.4, 0.5) is 4.79 Å². The minimum atomic E-state index is -0.453. The number of nitrogens with one attached hydrogen (secondary N) is 1. The van der Waals surface area contributed by atoms with E-state index in [-0.39, 0.29) is 35.9 Å². The second-order valence-electron chi connectivity index (χ2n) is 10.7. The van der Waals surface area contributed by atoms with Gasteiger partial charge in [-0.1, -0.05) is 57.2 Å². The molecule has 1 fully saturated rings. The molecule has 2 unspecified atom stereocenters. The lowest BCUT2D eigenvalue weighted by molar-refractivity contribution is -0.146. The number of carbonyl (C=O) groups excluding carboxylic acids is 2. The molecule has 7 heteroatoms. The van der Waals surface area contributed by atoms with Crippen LogP contribution in [0, 0.1) is 16.7 Å². The minimum Gasteiger partial charge on any atom is -0.490 e. The highest BCUT2D eigenvalue weighted by Crippen LogP contribution is 2.49. The number of amides is 1. The van der Waals surface area contributed by atoms with Gasteiger partial charge in [0.05, 0.1) is 0 Å². The predicted octanol–water partition coefficient (Wildman–Crippen LogP) is 5.64. The van der Waals surface area contributed by atoms with Crippen molar-refractivity contribution in [3.05, 3.63) is 60.7 Å². The molecule has 1 saturated carbocycles. The third-order valence-electron chi connectivity index (χ3n) is 6.33. The summed E-state index contributed by atoms with van der Waals surface area (Å²) in [6.07, 6.45) is 2.65. The minimum absolute atomic E-state index is 0.0590. The third-order valence-corrected chi connectivity index (χ3v) is 6.33. The molecule has 0 aromatic heterocycles. The summed E-state index contributed by atoms with van der Waals surface area (Å²) in [6.45, 7) is 8.11. The highest BCUT2D eigenvalue weighted by atomic mass is 16.6. The van der Waals surface area contributed by atoms with Crippen LogP contribution in [0.2, 0.25) is 0 Å². The van der Waals surface area contributed by atoms with Crippen LogP contribution in [-0.2, 0) is 14.3 Å². The van der Waals surface area contributed by atoms with Gasteiger partial charge in [0.15, 0.2) is 0 Å². The maximum absolute atomic E-state index is 12.5. The second-order valence-corrected chi connectivity index (χ2v) is 10.7. The van der Waals surface area contributed by atoms with Gasteiger partial charge in [-0.25, -0.2) is 4.79 Å². The number of hydrogen-bond donors (Lipinski definition) is 1. The number of hydrogen-bond acceptors (Lipinski definition) is 6. The standard InChI is InChI=1S/C29H39NO6/c1-28(2)19-23(18-26(31)35-16-14-33-24-10-6-4-7-11-24)20-29(3,21-28)22-30-27(32)36-17-15-34-25-12-8-5-9-13-25/h4-13,23H,14-22H2,1-3H3,(H,30,32). The van der Waals surface area contributed by atoms with Gasteiger partial charge in [-0.05, 0) is 60.3 Å². The van der Waals surface area contributed by atoms with E-state index < -0.39 is 6.09 Å². The van der Waals surface area contributed by atoms with E-state index in [9.17, 15) is 9.59 Å². The van der Waals surface area contributed by atoms with Crippen molar-refractivity contribution in [3.63, 3.8) is 0 Å². The van der Waals surface area contributed by atoms with E-state index in [0.717, 1.165) is 30.8 Å². The molecule has 1 N–H and O–H groups in total. The maximum atomic E-state index is 12.5. The van der Waals surface area contributed by atoms with Crippen LogP contribution in [0.15, 0.2) is 60.7 Å². The van der Waals surface area contributed by atoms with Crippen LogP contribution in [0.5, 0.6) is 11.5 Å². The van der Waals surface area contributed by atoms with Gasteiger partial charge in [-0.3, -0.25) is 4.79 Å². The van der Waals surface area contributed by atoms with Gasteiger partial charge in [-0.2, -0.15) is 0 Å². The number of alkyl carbamates (subject to hydrolysis) is 1. The third kappa shape index (κ3) is 9.80. The van der Waals surface area contributed by atoms with Crippen LogP contribution in [0.25, 0.3) is 0 Å². The molecule has 3 rings (SSSR count). The Hall–Kier alpha value is -3.22. The molecule has 1 aliphatic rings. The van der Waals surface area contributed by atoms with E-state index >= 15 is 0 Å². The van der Waals surface area contributed by atoms with E-state index in [1.165, 1.54) is 0 Å². The van der Waals surface area contributed by atoms with Gasteiger partial charge in [0.1, 0.15) is 37.9 Å². The Kier molecular flexibility index (Phi) is 10.0. The lowest BCUT2D eigenvalue weighted by atomic mass is 9.60. The molecule has 0 bridgehead atoms. The summed E-state index contributed by atoms with van der Waals surface area (Å²) in [7, 11) is 0. The molecule has 0 aliphatic heterocycles. The molecule has 0 heterocycles. The molecule has 0 radical (unpaired) electrons. The SMILES string of the molecule is CC1(C)CC(CC(=O)OCCOc2ccccc2)CC(C)(CNC(=O)OCCOc2ccccc2)C1. The summed E-state index contributed by atoms with van der Waals surface area (Å²) in [5.74, 6) is 1.49. The Morgan fingerprint density at radius 2 is 1.36 bits per heavy atom. The molecule has 0 spiro atoms. The molecule has 1 aliphatic carbocycles. The van der Waals surface area contributed by atoms with Crippen molar-refractivity contribution in [3.8, 4) is 11.5 Å². The Labute approximate surface area is 214 Å². The molecule has 7 nitrogen and oxygen atoms in total. The summed E-state index contributed by atoms with van der Waals surface area (Å²) in [6, 6.07) is 18.9. The summed E-state index contributed by atoms with van der Waals surface area (Å²) >= 11 is 0. The molecule has 2 atom stereocenters. The van der Waals surface area contributed by atoms with Crippen molar-refractivity contribution in [2.24, 2.45) is 16.7 Å². The van der Waals surface area contributed by atoms with Gasteiger partial charge in [0.2, 0.25) is 0 Å². The molecule has 2 aromatic carbocycles. The second kappa shape index (κ2) is 13.2. The predicted molar refractivity (Wildman–Crippen MR) is 138 cm³/mol. The van der Waals surface area contributed by atoms with E-state index in [0.29, 0.717) is 26.2 Å². The Balaban J connectivity index is 1.37. The molecule has 1 amide bonds. The van der Waals surface area contributed by atoms with Crippen LogP contribution in [0.1, 0.15) is 46.5 Å². The quantitative estimate of drug-likeness (QED) is 0.302. The van der Waals surface area contributed by atoms with Crippen molar-refractivity contribution >= 4 is 12.1 Å². The molecule has 36 heavy (non-hydrogen) atoms. The number of rotatable bonds is 12. The van der Waals surface area contributed by atoms with Gasteiger partial charge < -0.3 is 24.3 Å². The first-order valence-corrected chi connectivity index (χ1v) is 12.7. The van der Waals surface area contributed by atoms with E-state index in [2.05, 4.69) is 26.1 Å². The fraction of sp³-hybridized carbons (Fsp3) is 0.517. The Bertz CT molecular complexity index is 949. The highest BCUT2D eigenvalue weighted by molar-refractivity contribution is 5.69. The normalized spacial score (nSPS) is 20.7. The summed E-state index contributed by atoms with van der Waals surface area (Å²) in [5.41, 5.74) is -0.0772. The lowest BCUT2D eigenvalue weighted by Crippen LogP contribution is -2.44. The number of benzene rings is 2. The summed E-state index contributed by atoms with van der Waals surface area (Å²) in [5, 5.41) is 2.91. The van der Waals surface area contributed by atoms with Crippen molar-refractivity contribution < 1.29 is 28.5 Å². The summed E-state index contributed by atoms with van der Waals surface area (Å²) in [4.78, 5) is 24.7. The average molecular weight is 498 g/mol. The smallest absolute Gasteiger partial charge is 0.407 e. The number of carbonyl (C=O) groups is 2. The summed E-state index contributed by atoms with van der Waals surface area (Å²) < 4.78 is 21.8. The van der Waals surface area contributed by atoms with Crippen molar-refractivity contribution in [2.45, 2.75) is 46.5 Å². The highest BCUT2D eigenvalue weighted by Gasteiger charge is 2.42.